The first-order valence-corrected chi connectivity index (χ1v) is 7.87. The number of nitrogens with one attached hydrogen (secondary N) is 1. The van der Waals surface area contributed by atoms with Crippen molar-refractivity contribution in [1.29, 1.82) is 0 Å². The minimum Gasteiger partial charge on any atom is -0.307 e. The predicted molar refractivity (Wildman–Crippen MR) is 88.5 cm³/mol. The Morgan fingerprint density at radius 2 is 1.81 bits per heavy atom. The molecule has 2 aromatic carbocycles. The summed E-state index contributed by atoms with van der Waals surface area (Å²) in [7, 11) is 0. The number of hydrogen-bond acceptors (Lipinski definition) is 2. The summed E-state index contributed by atoms with van der Waals surface area (Å²) >= 11 is 6.30. The fourth-order valence-electron chi connectivity index (χ4n) is 2.90. The molecule has 21 heavy (non-hydrogen) atoms. The van der Waals surface area contributed by atoms with Crippen molar-refractivity contribution in [2.24, 2.45) is 0 Å². The third-order valence-electron chi connectivity index (χ3n) is 4.23. The largest absolute Gasteiger partial charge is 0.307 e. The van der Waals surface area contributed by atoms with E-state index in [0.717, 1.165) is 24.7 Å². The number of nitrogens with zero attached hydrogens (tertiary/aromatic N) is 1. The normalized spacial score (nSPS) is 23.1. The van der Waals surface area contributed by atoms with E-state index >= 15 is 0 Å². The number of hydrogen-bond donors (Lipinski definition) is 1. The highest BCUT2D eigenvalue weighted by molar-refractivity contribution is 6.31. The molecule has 0 spiro atoms. The highest BCUT2D eigenvalue weighted by atomic mass is 35.5. The van der Waals surface area contributed by atoms with Gasteiger partial charge in [-0.3, -0.25) is 4.90 Å². The molecule has 2 atom stereocenters. The third kappa shape index (κ3) is 3.46. The van der Waals surface area contributed by atoms with Crippen LogP contribution < -0.4 is 5.32 Å². The fraction of sp³-hybridized carbons (Fsp3) is 0.333. The average molecular weight is 301 g/mol. The lowest BCUT2D eigenvalue weighted by Gasteiger charge is -2.39. The van der Waals surface area contributed by atoms with Gasteiger partial charge in [0.05, 0.1) is 0 Å². The summed E-state index contributed by atoms with van der Waals surface area (Å²) in [6.07, 6.45) is 0. The Kier molecular flexibility index (Phi) is 4.59. The first-order chi connectivity index (χ1) is 10.2. The monoisotopic (exact) mass is 300 g/mol. The van der Waals surface area contributed by atoms with Crippen molar-refractivity contribution in [3.05, 3.63) is 70.7 Å². The van der Waals surface area contributed by atoms with Gasteiger partial charge in [-0.2, -0.15) is 0 Å². The number of rotatable bonds is 3. The van der Waals surface area contributed by atoms with Gasteiger partial charge in [0.1, 0.15) is 0 Å². The highest BCUT2D eigenvalue weighted by Gasteiger charge is 2.26. The highest BCUT2D eigenvalue weighted by Crippen LogP contribution is 2.24. The lowest BCUT2D eigenvalue weighted by atomic mass is 10.0. The van der Waals surface area contributed by atoms with Crippen LogP contribution in [0.5, 0.6) is 0 Å². The molecule has 2 unspecified atom stereocenters. The lowest BCUT2D eigenvalue weighted by Crippen LogP contribution is -2.50. The molecule has 2 nitrogen and oxygen atoms in total. The molecule has 1 fully saturated rings. The Morgan fingerprint density at radius 1 is 1.10 bits per heavy atom. The molecule has 1 aliphatic heterocycles. The van der Waals surface area contributed by atoms with E-state index in [2.05, 4.69) is 59.6 Å². The van der Waals surface area contributed by atoms with Crippen molar-refractivity contribution < 1.29 is 0 Å². The van der Waals surface area contributed by atoms with Crippen molar-refractivity contribution in [2.45, 2.75) is 25.6 Å². The zero-order valence-electron chi connectivity index (χ0n) is 12.3. The minimum absolute atomic E-state index is 0.393. The molecule has 2 aromatic rings. The Hall–Kier alpha value is -1.35. The summed E-state index contributed by atoms with van der Waals surface area (Å²) in [5.74, 6) is 0. The van der Waals surface area contributed by atoms with E-state index in [1.165, 1.54) is 11.1 Å². The zero-order chi connectivity index (χ0) is 14.7. The van der Waals surface area contributed by atoms with Crippen molar-refractivity contribution in [3.63, 3.8) is 0 Å². The van der Waals surface area contributed by atoms with Gasteiger partial charge in [-0.1, -0.05) is 60.1 Å². The van der Waals surface area contributed by atoms with Crippen molar-refractivity contribution >= 4 is 11.6 Å². The summed E-state index contributed by atoms with van der Waals surface area (Å²) in [6, 6.07) is 19.7. The van der Waals surface area contributed by atoms with Crippen LogP contribution in [0.25, 0.3) is 0 Å². The molecule has 1 heterocycles. The van der Waals surface area contributed by atoms with Gasteiger partial charge >= 0.3 is 0 Å². The summed E-state index contributed by atoms with van der Waals surface area (Å²) < 4.78 is 0. The van der Waals surface area contributed by atoms with Crippen molar-refractivity contribution in [1.82, 2.24) is 10.2 Å². The molecule has 0 amide bonds. The lowest BCUT2D eigenvalue weighted by molar-refractivity contribution is 0.133. The van der Waals surface area contributed by atoms with Gasteiger partial charge in [-0.25, -0.2) is 0 Å². The van der Waals surface area contributed by atoms with Crippen LogP contribution >= 0.6 is 11.6 Å². The van der Waals surface area contributed by atoms with Crippen LogP contribution in [0, 0.1) is 0 Å². The van der Waals surface area contributed by atoms with Crippen LogP contribution in [-0.2, 0) is 6.54 Å². The molecule has 1 aliphatic rings. The maximum absolute atomic E-state index is 6.30. The van der Waals surface area contributed by atoms with Gasteiger partial charge < -0.3 is 5.32 Å². The van der Waals surface area contributed by atoms with Gasteiger partial charge in [0.2, 0.25) is 0 Å². The van der Waals surface area contributed by atoms with Gasteiger partial charge in [0.15, 0.2) is 0 Å². The fourth-order valence-corrected chi connectivity index (χ4v) is 3.09. The molecular weight excluding hydrogens is 280 g/mol. The Labute approximate surface area is 131 Å². The molecule has 0 aliphatic carbocycles. The van der Waals surface area contributed by atoms with Crippen LogP contribution in [0.15, 0.2) is 54.6 Å². The second-order valence-electron chi connectivity index (χ2n) is 5.74. The Balaban J connectivity index is 1.74. The smallest absolute Gasteiger partial charge is 0.0451 e. The second kappa shape index (κ2) is 6.61. The van der Waals surface area contributed by atoms with Gasteiger partial charge in [0.25, 0.3) is 0 Å². The molecule has 0 radical (unpaired) electrons. The predicted octanol–water partition coefficient (Wildman–Crippen LogP) is 3.88. The summed E-state index contributed by atoms with van der Waals surface area (Å²) in [5.41, 5.74) is 2.56. The summed E-state index contributed by atoms with van der Waals surface area (Å²) in [5, 5.41) is 4.50. The Morgan fingerprint density at radius 3 is 2.57 bits per heavy atom. The SMILES string of the molecule is CC1CNC(c2ccccc2)CN1Cc1ccccc1Cl. The maximum atomic E-state index is 6.30. The van der Waals surface area contributed by atoms with Gasteiger partial charge in [-0.05, 0) is 24.1 Å². The summed E-state index contributed by atoms with van der Waals surface area (Å²) in [6.45, 7) is 5.19. The van der Waals surface area contributed by atoms with E-state index in [-0.39, 0.29) is 0 Å². The number of benzene rings is 2. The zero-order valence-corrected chi connectivity index (χ0v) is 13.1. The standard InChI is InChI=1S/C18H21ClN2/c1-14-11-20-18(15-7-3-2-4-8-15)13-21(14)12-16-9-5-6-10-17(16)19/h2-10,14,18,20H,11-13H2,1H3. The molecule has 0 saturated carbocycles. The van der Waals surface area contributed by atoms with Crippen LogP contribution in [0.2, 0.25) is 5.02 Å². The molecule has 110 valence electrons. The van der Waals surface area contributed by atoms with Crippen LogP contribution in [0.4, 0.5) is 0 Å². The van der Waals surface area contributed by atoms with E-state index < -0.39 is 0 Å². The quantitative estimate of drug-likeness (QED) is 0.925. The van der Waals surface area contributed by atoms with Gasteiger partial charge in [-0.15, -0.1) is 0 Å². The van der Waals surface area contributed by atoms with Crippen LogP contribution in [0.1, 0.15) is 24.1 Å². The third-order valence-corrected chi connectivity index (χ3v) is 4.60. The molecular formula is C18H21ClN2. The van der Waals surface area contributed by atoms with Crippen molar-refractivity contribution in [2.75, 3.05) is 13.1 Å². The molecule has 3 rings (SSSR count). The number of piperazine rings is 1. The first-order valence-electron chi connectivity index (χ1n) is 7.50. The molecule has 3 heteroatoms. The van der Waals surface area contributed by atoms with Crippen molar-refractivity contribution in [3.8, 4) is 0 Å². The summed E-state index contributed by atoms with van der Waals surface area (Å²) in [4.78, 5) is 2.51. The maximum Gasteiger partial charge on any atom is 0.0451 e. The Bertz CT molecular complexity index is 585. The first kappa shape index (κ1) is 14.6. The van der Waals surface area contributed by atoms with E-state index in [1.807, 2.05) is 12.1 Å². The minimum atomic E-state index is 0.393. The van der Waals surface area contributed by atoms with Crippen LogP contribution in [-0.4, -0.2) is 24.0 Å². The van der Waals surface area contributed by atoms with E-state index in [9.17, 15) is 0 Å². The second-order valence-corrected chi connectivity index (χ2v) is 6.15. The van der Waals surface area contributed by atoms with E-state index in [0.29, 0.717) is 12.1 Å². The topological polar surface area (TPSA) is 15.3 Å². The van der Waals surface area contributed by atoms with E-state index in [1.54, 1.807) is 0 Å². The van der Waals surface area contributed by atoms with Gasteiger partial charge in [0, 0.05) is 36.7 Å². The number of halogens is 1. The van der Waals surface area contributed by atoms with Crippen LogP contribution in [0.3, 0.4) is 0 Å². The average Bonchev–Trinajstić information content (AvgIpc) is 2.52. The molecule has 1 N–H and O–H groups in total. The van der Waals surface area contributed by atoms with E-state index in [4.69, 9.17) is 11.6 Å². The molecule has 1 saturated heterocycles. The molecule has 0 aromatic heterocycles. The molecule has 0 bridgehead atoms.